The van der Waals surface area contributed by atoms with E-state index >= 15 is 0 Å². The number of aliphatic hydroxyl groups is 1. The third-order valence-electron chi connectivity index (χ3n) is 4.37. The van der Waals surface area contributed by atoms with Gasteiger partial charge in [0, 0.05) is 25.0 Å². The van der Waals surface area contributed by atoms with Crippen molar-refractivity contribution in [2.24, 2.45) is 0 Å². The van der Waals surface area contributed by atoms with Crippen molar-refractivity contribution in [2.75, 3.05) is 26.3 Å². The molecule has 0 amide bonds. The van der Waals surface area contributed by atoms with Gasteiger partial charge in [-0.05, 0) is 44.0 Å². The first-order chi connectivity index (χ1) is 9.41. The molecular weight excluding hydrogens is 257 g/mol. The van der Waals surface area contributed by atoms with Crippen LogP contribution in [0.4, 0.5) is 4.39 Å². The third kappa shape index (κ3) is 3.37. The Bertz CT molecular complexity index is 456. The number of benzene rings is 1. The number of halogens is 1. The molecule has 1 aliphatic rings. The summed E-state index contributed by atoms with van der Waals surface area (Å²) in [5.74, 6) is -0.248. The first-order valence-electron chi connectivity index (χ1n) is 7.17. The molecule has 3 nitrogen and oxygen atoms in total. The summed E-state index contributed by atoms with van der Waals surface area (Å²) in [5.41, 5.74) is 1.55. The van der Waals surface area contributed by atoms with Crippen molar-refractivity contribution < 1.29 is 14.2 Å². The standard InChI is InChI=1S/C16H24FNO2/c1-12-4-5-14(17)10-13(12)11-15(19)16(2,3)18-6-8-20-9-7-18/h4-5,10,15,19H,6-9,11H2,1-3H3. The first-order valence-corrected chi connectivity index (χ1v) is 7.17. The number of rotatable bonds is 4. The number of ether oxygens (including phenoxy) is 1. The summed E-state index contributed by atoms with van der Waals surface area (Å²) < 4.78 is 18.7. The van der Waals surface area contributed by atoms with E-state index in [0.717, 1.165) is 24.2 Å². The van der Waals surface area contributed by atoms with Crippen LogP contribution in [0, 0.1) is 12.7 Å². The van der Waals surface area contributed by atoms with Crippen LogP contribution in [0.1, 0.15) is 25.0 Å². The second kappa shape index (κ2) is 6.20. The molecule has 1 N–H and O–H groups in total. The van der Waals surface area contributed by atoms with Gasteiger partial charge in [0.25, 0.3) is 0 Å². The van der Waals surface area contributed by atoms with Crippen molar-refractivity contribution >= 4 is 0 Å². The molecule has 0 bridgehead atoms. The smallest absolute Gasteiger partial charge is 0.123 e. The zero-order valence-electron chi connectivity index (χ0n) is 12.5. The Kier molecular flexibility index (Phi) is 4.78. The highest BCUT2D eigenvalue weighted by atomic mass is 19.1. The molecular formula is C16H24FNO2. The summed E-state index contributed by atoms with van der Waals surface area (Å²) in [7, 11) is 0. The average molecular weight is 281 g/mol. The van der Waals surface area contributed by atoms with Gasteiger partial charge in [-0.3, -0.25) is 4.90 Å². The fourth-order valence-corrected chi connectivity index (χ4v) is 2.67. The molecule has 0 radical (unpaired) electrons. The van der Waals surface area contributed by atoms with E-state index in [4.69, 9.17) is 4.74 Å². The van der Waals surface area contributed by atoms with Crippen LogP contribution in [0.25, 0.3) is 0 Å². The molecule has 4 heteroatoms. The van der Waals surface area contributed by atoms with E-state index in [9.17, 15) is 9.50 Å². The lowest BCUT2D eigenvalue weighted by Gasteiger charge is -2.44. The Morgan fingerprint density at radius 1 is 1.35 bits per heavy atom. The summed E-state index contributed by atoms with van der Waals surface area (Å²) in [6.45, 7) is 9.08. The predicted octanol–water partition coefficient (Wildman–Crippen LogP) is 2.15. The number of morpholine rings is 1. The highest BCUT2D eigenvalue weighted by Gasteiger charge is 2.35. The van der Waals surface area contributed by atoms with E-state index < -0.39 is 6.10 Å². The Morgan fingerprint density at radius 3 is 2.65 bits per heavy atom. The second-order valence-corrected chi connectivity index (χ2v) is 6.04. The van der Waals surface area contributed by atoms with Crippen molar-refractivity contribution in [1.29, 1.82) is 0 Å². The molecule has 0 aliphatic carbocycles. The molecule has 1 aromatic carbocycles. The van der Waals surface area contributed by atoms with Gasteiger partial charge in [-0.25, -0.2) is 4.39 Å². The van der Waals surface area contributed by atoms with Gasteiger partial charge < -0.3 is 9.84 Å². The van der Waals surface area contributed by atoms with Gasteiger partial charge in [0.15, 0.2) is 0 Å². The van der Waals surface area contributed by atoms with Crippen molar-refractivity contribution in [2.45, 2.75) is 38.8 Å². The van der Waals surface area contributed by atoms with Gasteiger partial charge in [-0.1, -0.05) is 6.07 Å². The number of aliphatic hydroxyl groups excluding tert-OH is 1. The molecule has 1 aromatic rings. The topological polar surface area (TPSA) is 32.7 Å². The number of hydrogen-bond acceptors (Lipinski definition) is 3. The molecule has 1 fully saturated rings. The third-order valence-corrected chi connectivity index (χ3v) is 4.37. The van der Waals surface area contributed by atoms with Gasteiger partial charge >= 0.3 is 0 Å². The summed E-state index contributed by atoms with van der Waals surface area (Å²) in [6.07, 6.45) is -0.0744. The van der Waals surface area contributed by atoms with Crippen LogP contribution in [0.3, 0.4) is 0 Å². The molecule has 112 valence electrons. The van der Waals surface area contributed by atoms with Crippen LogP contribution in [-0.2, 0) is 11.2 Å². The number of nitrogens with zero attached hydrogens (tertiary/aromatic N) is 1. The summed E-state index contributed by atoms with van der Waals surface area (Å²) >= 11 is 0. The highest BCUT2D eigenvalue weighted by molar-refractivity contribution is 5.27. The van der Waals surface area contributed by atoms with Crippen molar-refractivity contribution in [3.63, 3.8) is 0 Å². The Hall–Kier alpha value is -0.970. The van der Waals surface area contributed by atoms with E-state index in [1.807, 2.05) is 20.8 Å². The molecule has 20 heavy (non-hydrogen) atoms. The van der Waals surface area contributed by atoms with Crippen LogP contribution in [0.15, 0.2) is 18.2 Å². The largest absolute Gasteiger partial charge is 0.391 e. The van der Waals surface area contributed by atoms with Gasteiger partial charge in [-0.15, -0.1) is 0 Å². The number of hydrogen-bond donors (Lipinski definition) is 1. The second-order valence-electron chi connectivity index (χ2n) is 6.04. The minimum absolute atomic E-state index is 0.248. The lowest BCUT2D eigenvalue weighted by Crippen LogP contribution is -2.56. The highest BCUT2D eigenvalue weighted by Crippen LogP contribution is 2.24. The lowest BCUT2D eigenvalue weighted by atomic mass is 9.88. The number of aryl methyl sites for hydroxylation is 1. The molecule has 1 aliphatic heterocycles. The van der Waals surface area contributed by atoms with Crippen LogP contribution >= 0.6 is 0 Å². The zero-order valence-corrected chi connectivity index (χ0v) is 12.5. The van der Waals surface area contributed by atoms with Gasteiger partial charge in [0.05, 0.1) is 19.3 Å². The molecule has 2 rings (SSSR count). The SMILES string of the molecule is Cc1ccc(F)cc1CC(O)C(C)(C)N1CCOCC1. The first kappa shape index (κ1) is 15.4. The van der Waals surface area contributed by atoms with E-state index in [1.54, 1.807) is 6.07 Å². The molecule has 1 atom stereocenters. The maximum absolute atomic E-state index is 13.3. The summed E-state index contributed by atoms with van der Waals surface area (Å²) in [4.78, 5) is 2.25. The Balaban J connectivity index is 2.09. The predicted molar refractivity (Wildman–Crippen MR) is 77.3 cm³/mol. The fraction of sp³-hybridized carbons (Fsp3) is 0.625. The minimum atomic E-state index is -0.541. The van der Waals surface area contributed by atoms with Gasteiger partial charge in [0.1, 0.15) is 5.82 Å². The fourth-order valence-electron chi connectivity index (χ4n) is 2.67. The molecule has 1 heterocycles. The quantitative estimate of drug-likeness (QED) is 0.918. The van der Waals surface area contributed by atoms with E-state index in [2.05, 4.69) is 4.90 Å². The van der Waals surface area contributed by atoms with Gasteiger partial charge in [-0.2, -0.15) is 0 Å². The maximum atomic E-state index is 13.3. The lowest BCUT2D eigenvalue weighted by molar-refractivity contribution is -0.0612. The van der Waals surface area contributed by atoms with Crippen LogP contribution in [0.5, 0.6) is 0 Å². The van der Waals surface area contributed by atoms with E-state index in [1.165, 1.54) is 12.1 Å². The molecule has 1 saturated heterocycles. The van der Waals surface area contributed by atoms with Crippen molar-refractivity contribution in [1.82, 2.24) is 4.90 Å². The average Bonchev–Trinajstić information content (AvgIpc) is 2.43. The van der Waals surface area contributed by atoms with Gasteiger partial charge in [0.2, 0.25) is 0 Å². The summed E-state index contributed by atoms with van der Waals surface area (Å²) in [6, 6.07) is 4.74. The molecule has 0 spiro atoms. The molecule has 0 saturated carbocycles. The Labute approximate surface area is 120 Å². The van der Waals surface area contributed by atoms with Crippen LogP contribution < -0.4 is 0 Å². The molecule has 1 unspecified atom stereocenters. The summed E-state index contributed by atoms with van der Waals surface area (Å²) in [5, 5.41) is 10.6. The normalized spacial score (nSPS) is 19.1. The van der Waals surface area contributed by atoms with E-state index in [0.29, 0.717) is 19.6 Å². The van der Waals surface area contributed by atoms with Crippen LogP contribution in [0.2, 0.25) is 0 Å². The monoisotopic (exact) mass is 281 g/mol. The van der Waals surface area contributed by atoms with Crippen molar-refractivity contribution in [3.8, 4) is 0 Å². The minimum Gasteiger partial charge on any atom is -0.391 e. The Morgan fingerprint density at radius 2 is 2.00 bits per heavy atom. The van der Waals surface area contributed by atoms with Crippen molar-refractivity contribution in [3.05, 3.63) is 35.1 Å². The van der Waals surface area contributed by atoms with E-state index in [-0.39, 0.29) is 11.4 Å². The zero-order chi connectivity index (χ0) is 14.8. The maximum Gasteiger partial charge on any atom is 0.123 e. The van der Waals surface area contributed by atoms with Crippen LogP contribution in [-0.4, -0.2) is 48.0 Å². The molecule has 0 aromatic heterocycles.